The molecule has 1 aromatic heterocycles. The van der Waals surface area contributed by atoms with E-state index in [4.69, 9.17) is 18.9 Å². The number of ether oxygens (including phenoxy) is 4. The third-order valence-electron chi connectivity index (χ3n) is 7.80. The maximum Gasteiger partial charge on any atom is 0.319 e. The van der Waals surface area contributed by atoms with Crippen molar-refractivity contribution in [3.05, 3.63) is 83.6 Å². The van der Waals surface area contributed by atoms with Gasteiger partial charge in [-0.2, -0.15) is 0 Å². The average Bonchev–Trinajstić information content (AvgIpc) is 3.03. The van der Waals surface area contributed by atoms with Crippen molar-refractivity contribution in [3.8, 4) is 23.0 Å². The molecule has 0 saturated carbocycles. The molecule has 1 aliphatic rings. The molecule has 4 aromatic rings. The Morgan fingerprint density at radius 2 is 1.64 bits per heavy atom. The summed E-state index contributed by atoms with van der Waals surface area (Å²) in [6.07, 6.45) is 4.19. The van der Waals surface area contributed by atoms with E-state index in [1.807, 2.05) is 42.5 Å². The molecule has 2 amide bonds. The van der Waals surface area contributed by atoms with Gasteiger partial charge in [0.2, 0.25) is 0 Å². The van der Waals surface area contributed by atoms with E-state index in [9.17, 15) is 4.79 Å². The molecule has 0 saturated heterocycles. The number of nitrogens with zero attached hydrogens (tertiary/aromatic N) is 2. The van der Waals surface area contributed by atoms with Crippen LogP contribution < -0.4 is 29.6 Å². The predicted molar refractivity (Wildman–Crippen MR) is 164 cm³/mol. The molecule has 2 N–H and O–H groups in total. The number of urea groups is 1. The molecule has 3 aromatic carbocycles. The molecule has 0 bridgehead atoms. The van der Waals surface area contributed by atoms with Crippen LogP contribution in [0.5, 0.6) is 23.0 Å². The minimum Gasteiger partial charge on any atom is -0.493 e. The summed E-state index contributed by atoms with van der Waals surface area (Å²) in [4.78, 5) is 19.6. The van der Waals surface area contributed by atoms with Crippen molar-refractivity contribution in [1.29, 1.82) is 0 Å². The van der Waals surface area contributed by atoms with Crippen molar-refractivity contribution >= 4 is 22.6 Å². The fourth-order valence-electron chi connectivity index (χ4n) is 5.67. The summed E-state index contributed by atoms with van der Waals surface area (Å²) in [6.45, 7) is 2.27. The van der Waals surface area contributed by atoms with Crippen LogP contribution in [0, 0.1) is 0 Å². The van der Waals surface area contributed by atoms with E-state index in [2.05, 4.69) is 38.7 Å². The van der Waals surface area contributed by atoms with Crippen molar-refractivity contribution in [2.24, 2.45) is 0 Å². The van der Waals surface area contributed by atoms with Crippen LogP contribution in [0.4, 0.5) is 10.5 Å². The van der Waals surface area contributed by atoms with Crippen LogP contribution >= 0.6 is 0 Å². The van der Waals surface area contributed by atoms with Gasteiger partial charge >= 0.3 is 6.03 Å². The number of hydrogen-bond acceptors (Lipinski definition) is 7. The summed E-state index contributed by atoms with van der Waals surface area (Å²) >= 11 is 0. The molecule has 2 heterocycles. The summed E-state index contributed by atoms with van der Waals surface area (Å²) in [5.74, 6) is 2.88. The zero-order valence-corrected chi connectivity index (χ0v) is 24.6. The van der Waals surface area contributed by atoms with Gasteiger partial charge in [0.1, 0.15) is 0 Å². The highest BCUT2D eigenvalue weighted by atomic mass is 16.5. The number of amides is 2. The average molecular weight is 571 g/mol. The number of methoxy groups -OCH3 is 4. The Kier molecular flexibility index (Phi) is 9.28. The molecular formula is C33H38N4O5. The molecular weight excluding hydrogens is 532 g/mol. The first-order valence-corrected chi connectivity index (χ1v) is 14.1. The minimum atomic E-state index is -0.228. The Morgan fingerprint density at radius 3 is 2.43 bits per heavy atom. The van der Waals surface area contributed by atoms with Crippen LogP contribution in [0.15, 0.2) is 66.9 Å². The van der Waals surface area contributed by atoms with E-state index in [1.165, 1.54) is 11.1 Å². The topological polar surface area (TPSA) is 94.2 Å². The van der Waals surface area contributed by atoms with Gasteiger partial charge in [0.25, 0.3) is 0 Å². The van der Waals surface area contributed by atoms with Gasteiger partial charge in [-0.05, 0) is 72.4 Å². The standard InChI is InChI=1S/C33H38N4O5/c1-39-29-11-10-22(19-30(29)40-2)18-28-25-21-32(42-4)31(41-3)20-23(25)13-17-37(28)16-7-14-35-33(38)36-27-12-15-34-26-9-6-5-8-24(26)27/h5-6,8-12,15,19-21,28H,7,13-14,16-18H2,1-4H3,(H2,34,35,36,38). The first kappa shape index (κ1) is 29.0. The van der Waals surface area contributed by atoms with Crippen LogP contribution in [0.1, 0.15) is 29.2 Å². The predicted octanol–water partition coefficient (Wildman–Crippen LogP) is 5.62. The molecule has 1 unspecified atom stereocenters. The lowest BCUT2D eigenvalue weighted by Crippen LogP contribution is -2.39. The number of benzene rings is 3. The Morgan fingerprint density at radius 1 is 0.905 bits per heavy atom. The summed E-state index contributed by atoms with van der Waals surface area (Å²) in [7, 11) is 6.63. The number of nitrogens with one attached hydrogen (secondary N) is 2. The highest BCUT2D eigenvalue weighted by Crippen LogP contribution is 2.40. The fraction of sp³-hybridized carbons (Fsp3) is 0.333. The number of anilines is 1. The zero-order chi connectivity index (χ0) is 29.5. The zero-order valence-electron chi connectivity index (χ0n) is 24.6. The van der Waals surface area contributed by atoms with E-state index in [1.54, 1.807) is 34.6 Å². The lowest BCUT2D eigenvalue weighted by Gasteiger charge is -2.38. The maximum absolute atomic E-state index is 12.7. The SMILES string of the molecule is COc1ccc(CC2c3cc(OC)c(OC)cc3CCN2CCCNC(=O)Nc2ccnc3ccccc23)cc1OC. The van der Waals surface area contributed by atoms with Gasteiger partial charge in [-0.1, -0.05) is 24.3 Å². The van der Waals surface area contributed by atoms with Gasteiger partial charge in [-0.15, -0.1) is 0 Å². The van der Waals surface area contributed by atoms with Crippen LogP contribution in [-0.2, 0) is 12.8 Å². The van der Waals surface area contributed by atoms with Gasteiger partial charge in [-0.25, -0.2) is 4.79 Å². The molecule has 0 spiro atoms. The second-order valence-corrected chi connectivity index (χ2v) is 10.2. The Balaban J connectivity index is 1.28. The number of aromatic nitrogens is 1. The third-order valence-corrected chi connectivity index (χ3v) is 7.80. The molecule has 1 aliphatic heterocycles. The summed E-state index contributed by atoms with van der Waals surface area (Å²) in [6, 6.07) is 19.7. The van der Waals surface area contributed by atoms with Crippen molar-refractivity contribution in [1.82, 2.24) is 15.2 Å². The first-order valence-electron chi connectivity index (χ1n) is 14.1. The number of carbonyl (C=O) groups excluding carboxylic acids is 1. The van der Waals surface area contributed by atoms with Gasteiger partial charge < -0.3 is 29.6 Å². The highest BCUT2D eigenvalue weighted by molar-refractivity contribution is 6.00. The second-order valence-electron chi connectivity index (χ2n) is 10.2. The fourth-order valence-corrected chi connectivity index (χ4v) is 5.67. The maximum atomic E-state index is 12.7. The molecule has 0 radical (unpaired) electrons. The number of para-hydroxylation sites is 1. The van der Waals surface area contributed by atoms with Crippen LogP contribution in [0.3, 0.4) is 0 Å². The summed E-state index contributed by atoms with van der Waals surface area (Å²) < 4.78 is 22.3. The highest BCUT2D eigenvalue weighted by Gasteiger charge is 2.29. The molecule has 0 fully saturated rings. The van der Waals surface area contributed by atoms with Gasteiger partial charge in [0, 0.05) is 37.3 Å². The Bertz CT molecular complexity index is 1540. The lowest BCUT2D eigenvalue weighted by molar-refractivity contribution is 0.180. The number of carbonyl (C=O) groups is 1. The second kappa shape index (κ2) is 13.4. The normalized spacial score (nSPS) is 14.6. The van der Waals surface area contributed by atoms with E-state index < -0.39 is 0 Å². The Labute approximate surface area is 246 Å². The molecule has 9 nitrogen and oxygen atoms in total. The van der Waals surface area contributed by atoms with E-state index in [0.717, 1.165) is 66.0 Å². The molecule has 0 aliphatic carbocycles. The molecule has 42 heavy (non-hydrogen) atoms. The summed E-state index contributed by atoms with van der Waals surface area (Å²) in [5, 5.41) is 6.90. The Hall–Kier alpha value is -4.50. The quantitative estimate of drug-likeness (QED) is 0.226. The van der Waals surface area contributed by atoms with E-state index in [0.29, 0.717) is 18.0 Å². The van der Waals surface area contributed by atoms with Gasteiger partial charge in [0.05, 0.1) is 39.6 Å². The van der Waals surface area contributed by atoms with E-state index >= 15 is 0 Å². The van der Waals surface area contributed by atoms with Crippen molar-refractivity contribution in [3.63, 3.8) is 0 Å². The molecule has 9 heteroatoms. The third kappa shape index (κ3) is 6.36. The lowest BCUT2D eigenvalue weighted by atomic mass is 9.88. The first-order chi connectivity index (χ1) is 20.5. The minimum absolute atomic E-state index is 0.115. The van der Waals surface area contributed by atoms with Crippen molar-refractivity contribution in [2.45, 2.75) is 25.3 Å². The summed E-state index contributed by atoms with van der Waals surface area (Å²) in [5.41, 5.74) is 5.22. The number of fused-ring (bicyclic) bond motifs is 2. The number of hydrogen-bond donors (Lipinski definition) is 2. The van der Waals surface area contributed by atoms with Crippen LogP contribution in [-0.4, -0.2) is 64.0 Å². The number of pyridine rings is 1. The largest absolute Gasteiger partial charge is 0.493 e. The van der Waals surface area contributed by atoms with Crippen LogP contribution in [0.2, 0.25) is 0 Å². The molecule has 1 atom stereocenters. The van der Waals surface area contributed by atoms with Gasteiger partial charge in [0.15, 0.2) is 23.0 Å². The molecule has 5 rings (SSSR count). The van der Waals surface area contributed by atoms with Crippen molar-refractivity contribution < 1.29 is 23.7 Å². The molecule has 220 valence electrons. The van der Waals surface area contributed by atoms with Crippen LogP contribution in [0.25, 0.3) is 10.9 Å². The smallest absolute Gasteiger partial charge is 0.319 e. The van der Waals surface area contributed by atoms with Gasteiger partial charge in [-0.3, -0.25) is 9.88 Å². The van der Waals surface area contributed by atoms with E-state index in [-0.39, 0.29) is 12.1 Å². The number of rotatable bonds is 11. The monoisotopic (exact) mass is 570 g/mol. The van der Waals surface area contributed by atoms with Crippen molar-refractivity contribution in [2.75, 3.05) is 53.4 Å².